The van der Waals surface area contributed by atoms with Crippen LogP contribution >= 0.6 is 0 Å². The first kappa shape index (κ1) is 17.6. The Balaban J connectivity index is 2.98. The number of nitrogens with zero attached hydrogens (tertiary/aromatic N) is 2. The van der Waals surface area contributed by atoms with Gasteiger partial charge in [-0.25, -0.2) is 17.9 Å². The number of rotatable bonds is 7. The number of aromatic carboxylic acids is 1. The quantitative estimate of drug-likeness (QED) is 0.506. The Hall–Kier alpha value is -1.49. The maximum Gasteiger partial charge on any atom is 0.357 e. The van der Waals surface area contributed by atoms with Gasteiger partial charge in [-0.05, 0) is 27.9 Å². The molecule has 10 heteroatoms. The number of aromatic amines is 1. The summed E-state index contributed by atoms with van der Waals surface area (Å²) in [5.74, 6) is -1.44. The third-order valence-corrected chi connectivity index (χ3v) is 4.22. The number of carboxylic acid groups (broad SMARTS) is 1. The number of aromatic nitrogens is 2. The number of hydrogen-bond acceptors (Lipinski definition) is 6. The van der Waals surface area contributed by atoms with Crippen LogP contribution in [0.5, 0.6) is 0 Å². The van der Waals surface area contributed by atoms with Gasteiger partial charge in [0.15, 0.2) is 5.69 Å². The summed E-state index contributed by atoms with van der Waals surface area (Å²) >= 11 is 0. The van der Waals surface area contributed by atoms with E-state index in [2.05, 4.69) is 14.9 Å². The Morgan fingerprint density at radius 3 is 2.52 bits per heavy atom. The van der Waals surface area contributed by atoms with Gasteiger partial charge in [0.05, 0.1) is 11.3 Å². The van der Waals surface area contributed by atoms with Crippen LogP contribution in [-0.4, -0.2) is 72.5 Å². The maximum atomic E-state index is 12.2. The van der Waals surface area contributed by atoms with E-state index in [-0.39, 0.29) is 18.8 Å². The molecule has 0 radical (unpaired) electrons. The number of aryl methyl sites for hydroxylation is 1. The van der Waals surface area contributed by atoms with Crippen LogP contribution in [0.2, 0.25) is 0 Å². The molecule has 0 fully saturated rings. The smallest absolute Gasteiger partial charge is 0.357 e. The molecule has 0 aromatic carbocycles. The maximum absolute atomic E-state index is 12.2. The number of hydrogen-bond donors (Lipinski definition) is 4. The molecule has 1 unspecified atom stereocenters. The molecule has 0 amide bonds. The van der Waals surface area contributed by atoms with Gasteiger partial charge in [-0.1, -0.05) is 0 Å². The van der Waals surface area contributed by atoms with E-state index in [4.69, 9.17) is 5.11 Å². The number of carboxylic acids is 1. The van der Waals surface area contributed by atoms with Crippen molar-refractivity contribution in [3.8, 4) is 0 Å². The molecule has 4 N–H and O–H groups in total. The highest BCUT2D eigenvalue weighted by atomic mass is 32.2. The number of H-pyrrole nitrogens is 1. The third-order valence-electron chi connectivity index (χ3n) is 2.66. The Labute approximate surface area is 123 Å². The van der Waals surface area contributed by atoms with Crippen molar-refractivity contribution in [2.45, 2.75) is 24.3 Å². The van der Waals surface area contributed by atoms with Crippen LogP contribution in [0.25, 0.3) is 0 Å². The molecule has 1 rings (SSSR count). The second-order valence-electron chi connectivity index (χ2n) is 5.39. The van der Waals surface area contributed by atoms with Gasteiger partial charge in [0.25, 0.3) is 0 Å². The van der Waals surface area contributed by atoms with E-state index in [9.17, 15) is 18.3 Å². The Bertz CT molecular complexity index is 621. The van der Waals surface area contributed by atoms with Crippen LogP contribution in [0.3, 0.4) is 0 Å². The summed E-state index contributed by atoms with van der Waals surface area (Å²) in [6.45, 7) is 2.88. The largest absolute Gasteiger partial charge is 0.476 e. The highest BCUT2D eigenvalue weighted by molar-refractivity contribution is 7.89. The van der Waals surface area contributed by atoms with E-state index in [1.807, 2.05) is 0 Å². The van der Waals surface area contributed by atoms with Crippen molar-refractivity contribution in [1.29, 1.82) is 0 Å². The highest BCUT2D eigenvalue weighted by Gasteiger charge is 2.31. The minimum Gasteiger partial charge on any atom is -0.476 e. The lowest BCUT2D eigenvalue weighted by Gasteiger charge is -2.27. The molecular weight excluding hydrogens is 300 g/mol. The predicted octanol–water partition coefficient (Wildman–Crippen LogP) is -0.993. The lowest BCUT2D eigenvalue weighted by atomic mass is 10.1. The van der Waals surface area contributed by atoms with Crippen LogP contribution in [0.4, 0.5) is 0 Å². The van der Waals surface area contributed by atoms with Crippen molar-refractivity contribution in [1.82, 2.24) is 19.8 Å². The molecule has 0 aliphatic heterocycles. The van der Waals surface area contributed by atoms with Crippen LogP contribution in [0, 0.1) is 6.92 Å². The normalized spacial score (nSPS) is 15.1. The third kappa shape index (κ3) is 4.49. The molecule has 0 saturated heterocycles. The number of aliphatic hydroxyl groups is 1. The lowest BCUT2D eigenvalue weighted by Crippen LogP contribution is -2.47. The van der Waals surface area contributed by atoms with Crippen LogP contribution in [0.1, 0.15) is 23.1 Å². The molecule has 9 nitrogen and oxygen atoms in total. The highest BCUT2D eigenvalue weighted by Crippen LogP contribution is 2.18. The van der Waals surface area contributed by atoms with Crippen molar-refractivity contribution in [2.75, 3.05) is 27.2 Å². The molecule has 0 spiro atoms. The van der Waals surface area contributed by atoms with Gasteiger partial charge < -0.3 is 15.1 Å². The molecule has 0 aliphatic rings. The van der Waals surface area contributed by atoms with Gasteiger partial charge in [-0.15, -0.1) is 0 Å². The number of likely N-dealkylation sites (N-methyl/N-ethyl adjacent to an activating group) is 1. The van der Waals surface area contributed by atoms with Crippen molar-refractivity contribution in [3.05, 3.63) is 11.4 Å². The van der Waals surface area contributed by atoms with Gasteiger partial charge in [-0.2, -0.15) is 5.10 Å². The molecule has 120 valence electrons. The predicted molar refractivity (Wildman–Crippen MR) is 74.7 cm³/mol. The second kappa shape index (κ2) is 6.10. The molecule has 1 heterocycles. The summed E-state index contributed by atoms with van der Waals surface area (Å²) in [6, 6.07) is 0. The van der Waals surface area contributed by atoms with Gasteiger partial charge in [-0.3, -0.25) is 5.10 Å². The standard InChI is InChI=1S/C11H20N4O5S/c1-7-9(8(10(16)17)14-13-7)21(19,20)12-5-11(2,18)6-15(3)4/h12,18H,5-6H2,1-4H3,(H,13,14)(H,16,17). The zero-order valence-electron chi connectivity index (χ0n) is 12.3. The van der Waals surface area contributed by atoms with Gasteiger partial charge in [0.1, 0.15) is 4.90 Å². The van der Waals surface area contributed by atoms with E-state index in [1.165, 1.54) is 13.8 Å². The minimum absolute atomic E-state index is 0.118. The molecule has 21 heavy (non-hydrogen) atoms. The number of carbonyl (C=O) groups is 1. The average Bonchev–Trinajstić information content (AvgIpc) is 2.68. The first-order valence-corrected chi connectivity index (χ1v) is 7.59. The van der Waals surface area contributed by atoms with E-state index < -0.39 is 32.2 Å². The van der Waals surface area contributed by atoms with Crippen molar-refractivity contribution >= 4 is 16.0 Å². The van der Waals surface area contributed by atoms with E-state index in [0.29, 0.717) is 0 Å². The van der Waals surface area contributed by atoms with Gasteiger partial charge >= 0.3 is 5.97 Å². The van der Waals surface area contributed by atoms with Crippen molar-refractivity contribution in [3.63, 3.8) is 0 Å². The van der Waals surface area contributed by atoms with Crippen molar-refractivity contribution in [2.24, 2.45) is 0 Å². The zero-order valence-corrected chi connectivity index (χ0v) is 13.2. The molecule has 1 aromatic heterocycles. The van der Waals surface area contributed by atoms with E-state index >= 15 is 0 Å². The topological polar surface area (TPSA) is 136 Å². The fourth-order valence-corrected chi connectivity index (χ4v) is 3.43. The molecule has 1 atom stereocenters. The van der Waals surface area contributed by atoms with E-state index in [1.54, 1.807) is 19.0 Å². The molecule has 0 aliphatic carbocycles. The summed E-state index contributed by atoms with van der Waals surface area (Å²) in [6.07, 6.45) is 0. The zero-order chi connectivity index (χ0) is 16.4. The van der Waals surface area contributed by atoms with Gasteiger partial charge in [0, 0.05) is 13.1 Å². The minimum atomic E-state index is -4.10. The summed E-state index contributed by atoms with van der Waals surface area (Å²) in [4.78, 5) is 12.3. The van der Waals surface area contributed by atoms with E-state index in [0.717, 1.165) is 0 Å². The second-order valence-corrected chi connectivity index (χ2v) is 7.09. The van der Waals surface area contributed by atoms with Gasteiger partial charge in [0.2, 0.25) is 10.0 Å². The van der Waals surface area contributed by atoms with Crippen LogP contribution < -0.4 is 4.72 Å². The van der Waals surface area contributed by atoms with Crippen LogP contribution in [-0.2, 0) is 10.0 Å². The Kier molecular flexibility index (Phi) is 5.10. The lowest BCUT2D eigenvalue weighted by molar-refractivity contribution is 0.0386. The first-order chi connectivity index (χ1) is 9.46. The molecule has 0 bridgehead atoms. The van der Waals surface area contributed by atoms with Crippen molar-refractivity contribution < 1.29 is 23.4 Å². The molecule has 1 aromatic rings. The Morgan fingerprint density at radius 1 is 1.48 bits per heavy atom. The Morgan fingerprint density at radius 2 is 2.05 bits per heavy atom. The average molecular weight is 320 g/mol. The summed E-state index contributed by atoms with van der Waals surface area (Å²) < 4.78 is 26.6. The monoisotopic (exact) mass is 320 g/mol. The number of nitrogens with one attached hydrogen (secondary N) is 2. The summed E-state index contributed by atoms with van der Waals surface area (Å²) in [5.41, 5.74) is -1.75. The fourth-order valence-electron chi connectivity index (χ4n) is 1.95. The number of sulfonamides is 1. The fraction of sp³-hybridized carbons (Fsp3) is 0.636. The first-order valence-electron chi connectivity index (χ1n) is 6.11. The molecular formula is C11H20N4O5S. The SMILES string of the molecule is Cc1[nH]nc(C(=O)O)c1S(=O)(=O)NCC(C)(O)CN(C)C. The molecule has 0 saturated carbocycles. The van der Waals surface area contributed by atoms with Crippen LogP contribution in [0.15, 0.2) is 4.90 Å². The summed E-state index contributed by atoms with van der Waals surface area (Å²) in [7, 11) is -0.612. The summed E-state index contributed by atoms with van der Waals surface area (Å²) in [5, 5.41) is 24.8.